The lowest BCUT2D eigenvalue weighted by Gasteiger charge is -2.19. The van der Waals surface area contributed by atoms with Crippen LogP contribution in [0, 0.1) is 12.7 Å². The molecule has 0 saturated heterocycles. The van der Waals surface area contributed by atoms with Gasteiger partial charge in [0.2, 0.25) is 0 Å². The zero-order valence-corrected chi connectivity index (χ0v) is 13.0. The molecule has 1 heterocycles. The molecule has 2 rings (SSSR count). The number of benzene rings is 1. The van der Waals surface area contributed by atoms with E-state index >= 15 is 0 Å². The van der Waals surface area contributed by atoms with E-state index in [-0.39, 0.29) is 16.2 Å². The molecule has 0 aliphatic heterocycles. The smallest absolute Gasteiger partial charge is 0.264 e. The number of rotatable bonds is 4. The summed E-state index contributed by atoms with van der Waals surface area (Å²) in [5, 5.41) is 3.93. The SMILES string of the molecule is COc1ccc(S(=O)(=O)N(C)c2cnn(C)c2)c(C)c1F. The first-order valence-corrected chi connectivity index (χ1v) is 7.53. The maximum atomic E-state index is 14.0. The fraction of sp³-hybridized carbons (Fsp3) is 0.308. The Morgan fingerprint density at radius 3 is 2.57 bits per heavy atom. The summed E-state index contributed by atoms with van der Waals surface area (Å²) in [6.45, 7) is 1.40. The monoisotopic (exact) mass is 313 g/mol. The molecule has 0 fully saturated rings. The summed E-state index contributed by atoms with van der Waals surface area (Å²) in [4.78, 5) is -0.104. The number of hydrogen-bond acceptors (Lipinski definition) is 4. The van der Waals surface area contributed by atoms with Gasteiger partial charge in [0.25, 0.3) is 10.0 Å². The van der Waals surface area contributed by atoms with Crippen LogP contribution in [0.4, 0.5) is 10.1 Å². The molecule has 0 unspecified atom stereocenters. The van der Waals surface area contributed by atoms with Crippen LogP contribution in [0.25, 0.3) is 0 Å². The number of hydrogen-bond donors (Lipinski definition) is 0. The van der Waals surface area contributed by atoms with Crippen molar-refractivity contribution in [2.75, 3.05) is 18.5 Å². The van der Waals surface area contributed by atoms with Crippen molar-refractivity contribution in [1.82, 2.24) is 9.78 Å². The lowest BCUT2D eigenvalue weighted by Crippen LogP contribution is -2.27. The largest absolute Gasteiger partial charge is 0.494 e. The molecule has 0 N–H and O–H groups in total. The fourth-order valence-electron chi connectivity index (χ4n) is 1.94. The highest BCUT2D eigenvalue weighted by Gasteiger charge is 2.26. The standard InChI is InChI=1S/C13H16FN3O3S/c1-9-12(6-5-11(20-4)13(9)14)21(18,19)17(3)10-7-15-16(2)8-10/h5-8H,1-4H3. The van der Waals surface area contributed by atoms with Gasteiger partial charge in [-0.1, -0.05) is 0 Å². The van der Waals surface area contributed by atoms with E-state index in [0.29, 0.717) is 5.69 Å². The first kappa shape index (κ1) is 15.3. The van der Waals surface area contributed by atoms with Gasteiger partial charge in [0.05, 0.1) is 23.9 Å². The lowest BCUT2D eigenvalue weighted by molar-refractivity contribution is 0.384. The van der Waals surface area contributed by atoms with Crippen molar-refractivity contribution in [2.24, 2.45) is 7.05 Å². The van der Waals surface area contributed by atoms with Crippen LogP contribution < -0.4 is 9.04 Å². The molecule has 1 aromatic heterocycles. The van der Waals surface area contributed by atoms with Gasteiger partial charge < -0.3 is 4.74 Å². The molecule has 0 aliphatic carbocycles. The van der Waals surface area contributed by atoms with Gasteiger partial charge in [-0.25, -0.2) is 12.8 Å². The second-order valence-corrected chi connectivity index (χ2v) is 6.49. The molecule has 0 spiro atoms. The van der Waals surface area contributed by atoms with E-state index in [1.54, 1.807) is 13.2 Å². The number of methoxy groups -OCH3 is 1. The minimum atomic E-state index is -3.87. The molecule has 2 aromatic rings. The van der Waals surface area contributed by atoms with Crippen LogP contribution in [0.5, 0.6) is 5.75 Å². The van der Waals surface area contributed by atoms with Crippen LogP contribution in [0.3, 0.4) is 0 Å². The van der Waals surface area contributed by atoms with Gasteiger partial charge in [0.1, 0.15) is 0 Å². The third-order valence-electron chi connectivity index (χ3n) is 3.21. The fourth-order valence-corrected chi connectivity index (χ4v) is 3.32. The summed E-state index contributed by atoms with van der Waals surface area (Å²) >= 11 is 0. The molecule has 0 aliphatic rings. The molecule has 0 amide bonds. The number of ether oxygens (including phenoxy) is 1. The van der Waals surface area contributed by atoms with Crippen molar-refractivity contribution < 1.29 is 17.5 Å². The van der Waals surface area contributed by atoms with Gasteiger partial charge in [-0.15, -0.1) is 0 Å². The van der Waals surface area contributed by atoms with Gasteiger partial charge >= 0.3 is 0 Å². The Kier molecular flexibility index (Phi) is 3.91. The van der Waals surface area contributed by atoms with E-state index < -0.39 is 15.8 Å². The zero-order chi connectivity index (χ0) is 15.8. The first-order chi connectivity index (χ1) is 9.78. The Morgan fingerprint density at radius 1 is 1.38 bits per heavy atom. The second-order valence-electron chi connectivity index (χ2n) is 4.55. The maximum absolute atomic E-state index is 14.0. The van der Waals surface area contributed by atoms with Crippen molar-refractivity contribution in [3.63, 3.8) is 0 Å². The Balaban J connectivity index is 2.52. The van der Waals surface area contributed by atoms with Crippen molar-refractivity contribution in [3.8, 4) is 5.75 Å². The summed E-state index contributed by atoms with van der Waals surface area (Å²) in [6, 6.07) is 2.63. The van der Waals surface area contributed by atoms with E-state index in [0.717, 1.165) is 4.31 Å². The van der Waals surface area contributed by atoms with Crippen molar-refractivity contribution in [3.05, 3.63) is 35.9 Å². The van der Waals surface area contributed by atoms with E-state index in [9.17, 15) is 12.8 Å². The van der Waals surface area contributed by atoms with Gasteiger partial charge in [0, 0.05) is 25.9 Å². The molecule has 8 heteroatoms. The van der Waals surface area contributed by atoms with Crippen LogP contribution in [-0.4, -0.2) is 32.4 Å². The Labute approximate surface area is 122 Å². The molecule has 6 nitrogen and oxygen atoms in total. The molecule has 0 saturated carbocycles. The number of nitrogens with zero attached hydrogens (tertiary/aromatic N) is 3. The Morgan fingerprint density at radius 2 is 2.05 bits per heavy atom. The second kappa shape index (κ2) is 5.36. The highest BCUT2D eigenvalue weighted by Crippen LogP contribution is 2.29. The van der Waals surface area contributed by atoms with E-state index in [1.807, 2.05) is 0 Å². The van der Waals surface area contributed by atoms with E-state index in [1.165, 1.54) is 44.1 Å². The van der Waals surface area contributed by atoms with Crippen LogP contribution in [-0.2, 0) is 17.1 Å². The topological polar surface area (TPSA) is 64.4 Å². The number of aromatic nitrogens is 2. The highest BCUT2D eigenvalue weighted by molar-refractivity contribution is 7.92. The molecule has 1 aromatic carbocycles. The third-order valence-corrected chi connectivity index (χ3v) is 5.14. The van der Waals surface area contributed by atoms with Crippen LogP contribution in [0.1, 0.15) is 5.56 Å². The molecular formula is C13H16FN3O3S. The third kappa shape index (κ3) is 2.58. The molecule has 0 radical (unpaired) electrons. The number of sulfonamides is 1. The number of aryl methyl sites for hydroxylation is 1. The summed E-state index contributed by atoms with van der Waals surface area (Å²) in [5.74, 6) is -0.673. The van der Waals surface area contributed by atoms with E-state index in [2.05, 4.69) is 5.10 Å². The maximum Gasteiger partial charge on any atom is 0.264 e. The summed E-state index contributed by atoms with van der Waals surface area (Å²) in [6.07, 6.45) is 2.99. The summed E-state index contributed by atoms with van der Waals surface area (Å²) in [7, 11) is 0.534. The average molecular weight is 313 g/mol. The van der Waals surface area contributed by atoms with Gasteiger partial charge in [0.15, 0.2) is 11.6 Å². The highest BCUT2D eigenvalue weighted by atomic mass is 32.2. The zero-order valence-electron chi connectivity index (χ0n) is 12.2. The molecular weight excluding hydrogens is 297 g/mol. The number of anilines is 1. The predicted molar refractivity (Wildman–Crippen MR) is 76.5 cm³/mol. The lowest BCUT2D eigenvalue weighted by atomic mass is 10.2. The van der Waals surface area contributed by atoms with Gasteiger partial charge in [-0.2, -0.15) is 5.10 Å². The van der Waals surface area contributed by atoms with Gasteiger partial charge in [-0.05, 0) is 19.1 Å². The Bertz CT molecular complexity index is 771. The minimum absolute atomic E-state index is 0.00970. The van der Waals surface area contributed by atoms with E-state index in [4.69, 9.17) is 4.74 Å². The minimum Gasteiger partial charge on any atom is -0.494 e. The van der Waals surface area contributed by atoms with Crippen LogP contribution in [0.2, 0.25) is 0 Å². The molecule has 0 bridgehead atoms. The van der Waals surface area contributed by atoms with Crippen molar-refractivity contribution in [1.29, 1.82) is 0 Å². The predicted octanol–water partition coefficient (Wildman–Crippen LogP) is 1.70. The molecule has 114 valence electrons. The van der Waals surface area contributed by atoms with Crippen LogP contribution in [0.15, 0.2) is 29.4 Å². The number of halogens is 1. The van der Waals surface area contributed by atoms with Crippen molar-refractivity contribution in [2.45, 2.75) is 11.8 Å². The summed E-state index contributed by atoms with van der Waals surface area (Å²) in [5.41, 5.74) is 0.415. The molecule has 0 atom stereocenters. The van der Waals surface area contributed by atoms with Gasteiger partial charge in [-0.3, -0.25) is 8.99 Å². The van der Waals surface area contributed by atoms with Crippen molar-refractivity contribution >= 4 is 15.7 Å². The normalized spacial score (nSPS) is 11.5. The summed E-state index contributed by atoms with van der Waals surface area (Å²) < 4.78 is 46.6. The quantitative estimate of drug-likeness (QED) is 0.862. The molecule has 21 heavy (non-hydrogen) atoms. The first-order valence-electron chi connectivity index (χ1n) is 6.09. The van der Waals surface area contributed by atoms with Crippen LogP contribution >= 0.6 is 0 Å². The Hall–Kier alpha value is -2.09. The average Bonchev–Trinajstić information content (AvgIpc) is 2.87.